The van der Waals surface area contributed by atoms with Crippen LogP contribution in [0.3, 0.4) is 0 Å². The van der Waals surface area contributed by atoms with Gasteiger partial charge in [0.25, 0.3) is 0 Å². The molecule has 12 heteroatoms. The van der Waals surface area contributed by atoms with Crippen LogP contribution in [0.2, 0.25) is 0 Å². The lowest BCUT2D eigenvalue weighted by atomic mass is 9.88. The van der Waals surface area contributed by atoms with Crippen LogP contribution in [0.25, 0.3) is 10.9 Å². The summed E-state index contributed by atoms with van der Waals surface area (Å²) in [7, 11) is 1.57. The molecule has 190 valence electrons. The Kier molecular flexibility index (Phi) is 6.84. The summed E-state index contributed by atoms with van der Waals surface area (Å²) in [6, 6.07) is 7.14. The Morgan fingerprint density at radius 2 is 1.86 bits per heavy atom. The van der Waals surface area contributed by atoms with Gasteiger partial charge in [-0.05, 0) is 37.3 Å². The smallest absolute Gasteiger partial charge is 0.420 e. The number of nitrogens with one attached hydrogen (secondary N) is 1. The molecule has 3 N–H and O–H groups in total. The fourth-order valence-corrected chi connectivity index (χ4v) is 4.85. The summed E-state index contributed by atoms with van der Waals surface area (Å²) in [5.41, 5.74) is -3.11. The molecule has 0 aliphatic heterocycles. The van der Waals surface area contributed by atoms with Crippen LogP contribution in [0, 0.1) is 18.6 Å². The van der Waals surface area contributed by atoms with E-state index in [0.717, 1.165) is 6.07 Å². The number of benzene rings is 2. The zero-order chi connectivity index (χ0) is 26.3. The number of alkyl halides is 3. The molecule has 2 aromatic heterocycles. The standard InChI is InChI=1S/C24H21F5N4O2S/c1-13-6-7-14-17(31-13)4-3-5-18(14)32-21(15-8-9-16(25)20(34)19(15)26)23(35,24(27,28)29)12-36-22-30-10-11-33(22)2/h3-11,21,32,34-35H,12H2,1-2H3. The zero-order valence-electron chi connectivity index (χ0n) is 19.0. The maximum absolute atomic E-state index is 15.0. The number of anilines is 1. The van der Waals surface area contributed by atoms with Crippen LogP contribution < -0.4 is 5.32 Å². The lowest BCUT2D eigenvalue weighted by molar-refractivity contribution is -0.256. The topological polar surface area (TPSA) is 83.2 Å². The molecule has 36 heavy (non-hydrogen) atoms. The van der Waals surface area contributed by atoms with E-state index in [2.05, 4.69) is 15.3 Å². The predicted molar refractivity (Wildman–Crippen MR) is 126 cm³/mol. The SMILES string of the molecule is Cc1ccc2c(NC(c3ccc(F)c(O)c3F)C(O)(CSc3nccn3C)C(F)(F)F)cccc2n1. The first-order chi connectivity index (χ1) is 16.9. The highest BCUT2D eigenvalue weighted by Crippen LogP contribution is 2.46. The number of aryl methyl sites for hydroxylation is 2. The second-order valence-electron chi connectivity index (χ2n) is 8.23. The highest BCUT2D eigenvalue weighted by molar-refractivity contribution is 7.99. The van der Waals surface area contributed by atoms with E-state index in [1.807, 2.05) is 0 Å². The van der Waals surface area contributed by atoms with Crippen molar-refractivity contribution in [3.05, 3.63) is 77.8 Å². The van der Waals surface area contributed by atoms with Gasteiger partial charge < -0.3 is 20.1 Å². The van der Waals surface area contributed by atoms with Gasteiger partial charge in [-0.15, -0.1) is 0 Å². The molecule has 0 saturated heterocycles. The van der Waals surface area contributed by atoms with E-state index in [4.69, 9.17) is 0 Å². The molecular weight excluding hydrogens is 503 g/mol. The summed E-state index contributed by atoms with van der Waals surface area (Å²) in [5.74, 6) is -5.40. The number of aromatic nitrogens is 3. The van der Waals surface area contributed by atoms with Crippen LogP contribution in [0.1, 0.15) is 17.3 Å². The number of thioether (sulfide) groups is 1. The molecule has 0 saturated carbocycles. The molecule has 6 nitrogen and oxygen atoms in total. The van der Waals surface area contributed by atoms with Gasteiger partial charge in [0, 0.05) is 47.5 Å². The van der Waals surface area contributed by atoms with Gasteiger partial charge >= 0.3 is 6.18 Å². The third-order valence-corrected chi connectivity index (χ3v) is 6.98. The normalized spacial score (nSPS) is 14.6. The summed E-state index contributed by atoms with van der Waals surface area (Å²) in [6.45, 7) is 1.75. The quantitative estimate of drug-likeness (QED) is 0.219. The van der Waals surface area contributed by atoms with Crippen LogP contribution in [-0.4, -0.2) is 42.3 Å². The number of aromatic hydroxyl groups is 1. The van der Waals surface area contributed by atoms with Crippen molar-refractivity contribution in [3.63, 3.8) is 0 Å². The number of phenolic OH excluding ortho intramolecular Hbond substituents is 1. The molecule has 0 bridgehead atoms. The number of imidazole rings is 1. The largest absolute Gasteiger partial charge is 0.503 e. The number of phenols is 1. The first kappa shape index (κ1) is 25.7. The van der Waals surface area contributed by atoms with Gasteiger partial charge in [-0.1, -0.05) is 23.9 Å². The summed E-state index contributed by atoms with van der Waals surface area (Å²) in [4.78, 5) is 8.31. The minimum absolute atomic E-state index is 0.123. The molecule has 0 aliphatic carbocycles. The van der Waals surface area contributed by atoms with Crippen molar-refractivity contribution < 1.29 is 32.2 Å². The number of hydrogen-bond acceptors (Lipinski definition) is 6. The molecule has 0 spiro atoms. The Morgan fingerprint density at radius 3 is 2.53 bits per heavy atom. The van der Waals surface area contributed by atoms with Gasteiger partial charge in [0.1, 0.15) is 0 Å². The second-order valence-corrected chi connectivity index (χ2v) is 9.18. The molecule has 4 aromatic rings. The first-order valence-electron chi connectivity index (χ1n) is 10.6. The van der Waals surface area contributed by atoms with Crippen LogP contribution in [0.4, 0.5) is 27.6 Å². The van der Waals surface area contributed by atoms with Gasteiger partial charge in [-0.2, -0.15) is 13.2 Å². The van der Waals surface area contributed by atoms with Crippen LogP contribution in [-0.2, 0) is 7.05 Å². The van der Waals surface area contributed by atoms with E-state index in [-0.39, 0.29) is 10.8 Å². The van der Waals surface area contributed by atoms with E-state index in [1.54, 1.807) is 38.2 Å². The highest BCUT2D eigenvalue weighted by atomic mass is 32.2. The van der Waals surface area contributed by atoms with Crippen LogP contribution in [0.15, 0.2) is 60.0 Å². The highest BCUT2D eigenvalue weighted by Gasteiger charge is 2.60. The first-order valence-corrected chi connectivity index (χ1v) is 11.6. The zero-order valence-corrected chi connectivity index (χ0v) is 19.8. The van der Waals surface area contributed by atoms with Crippen molar-refractivity contribution >= 4 is 28.4 Å². The molecule has 0 radical (unpaired) electrons. The number of nitrogens with zero attached hydrogens (tertiary/aromatic N) is 3. The van der Waals surface area contributed by atoms with Crippen LogP contribution >= 0.6 is 11.8 Å². The average Bonchev–Trinajstić information content (AvgIpc) is 3.23. The number of halogens is 5. The Hall–Kier alpha value is -3.38. The molecule has 4 rings (SSSR count). The third-order valence-electron chi connectivity index (χ3n) is 5.75. The fraction of sp³-hybridized carbons (Fsp3) is 0.250. The van der Waals surface area contributed by atoms with E-state index in [9.17, 15) is 27.8 Å². The molecule has 2 atom stereocenters. The Bertz CT molecular complexity index is 1410. The van der Waals surface area contributed by atoms with Gasteiger partial charge in [0.15, 0.2) is 28.1 Å². The summed E-state index contributed by atoms with van der Waals surface area (Å²) in [6.07, 6.45) is -2.38. The van der Waals surface area contributed by atoms with Crippen molar-refractivity contribution in [2.24, 2.45) is 7.05 Å². The Labute approximate surface area is 206 Å². The third kappa shape index (κ3) is 4.70. The minimum atomic E-state index is -5.28. The maximum Gasteiger partial charge on any atom is 0.420 e. The molecule has 2 unspecified atom stereocenters. The number of pyridine rings is 1. The molecule has 2 heterocycles. The molecule has 0 fully saturated rings. The Balaban J connectivity index is 1.88. The van der Waals surface area contributed by atoms with Gasteiger partial charge in [0.05, 0.1) is 11.6 Å². The van der Waals surface area contributed by atoms with Crippen molar-refractivity contribution in [3.8, 4) is 5.75 Å². The molecule has 0 amide bonds. The van der Waals surface area contributed by atoms with Gasteiger partial charge in [-0.25, -0.2) is 13.8 Å². The van der Waals surface area contributed by atoms with Gasteiger partial charge in [0.2, 0.25) is 0 Å². The number of aliphatic hydroxyl groups is 1. The molecular formula is C24H21F5N4O2S. The number of fused-ring (bicyclic) bond motifs is 1. The maximum atomic E-state index is 15.0. The van der Waals surface area contributed by atoms with E-state index in [0.29, 0.717) is 34.4 Å². The number of rotatable bonds is 7. The summed E-state index contributed by atoms with van der Waals surface area (Å²) in [5, 5.41) is 24.2. The van der Waals surface area contributed by atoms with Crippen molar-refractivity contribution in [1.82, 2.24) is 14.5 Å². The monoisotopic (exact) mass is 524 g/mol. The number of hydrogen-bond donors (Lipinski definition) is 3. The predicted octanol–water partition coefficient (Wildman–Crippen LogP) is 5.50. The fourth-order valence-electron chi connectivity index (χ4n) is 3.77. The van der Waals surface area contributed by atoms with E-state index in [1.165, 1.54) is 23.0 Å². The summed E-state index contributed by atoms with van der Waals surface area (Å²) >= 11 is 0.610. The molecule has 2 aromatic carbocycles. The van der Waals surface area contributed by atoms with Crippen LogP contribution in [0.5, 0.6) is 5.75 Å². The minimum Gasteiger partial charge on any atom is -0.503 e. The van der Waals surface area contributed by atoms with Crippen molar-refractivity contribution in [1.29, 1.82) is 0 Å². The lowest BCUT2D eigenvalue weighted by Crippen LogP contribution is -2.55. The van der Waals surface area contributed by atoms with E-state index >= 15 is 4.39 Å². The van der Waals surface area contributed by atoms with Crippen molar-refractivity contribution in [2.45, 2.75) is 29.9 Å². The van der Waals surface area contributed by atoms with E-state index < -0.39 is 46.5 Å². The molecule has 0 aliphatic rings. The second kappa shape index (κ2) is 9.58. The Morgan fingerprint density at radius 1 is 1.11 bits per heavy atom. The summed E-state index contributed by atoms with van der Waals surface area (Å²) < 4.78 is 73.9. The van der Waals surface area contributed by atoms with Gasteiger partial charge in [-0.3, -0.25) is 4.98 Å². The average molecular weight is 525 g/mol. The van der Waals surface area contributed by atoms with Crippen molar-refractivity contribution in [2.75, 3.05) is 11.1 Å². The lowest BCUT2D eigenvalue weighted by Gasteiger charge is -2.39.